The molecule has 3 atom stereocenters. The first kappa shape index (κ1) is 16.5. The number of hydrogen-bond acceptors (Lipinski definition) is 2. The summed E-state index contributed by atoms with van der Waals surface area (Å²) in [4.78, 5) is 14.6. The molecule has 0 aromatic rings. The minimum Gasteiger partial charge on any atom is -0.323 e. The standard InChI is InChI=1S/C16H32N2O/c1-5-8-9-10-12-13(4)18-15(7-3)17-14(11-6-2)16(18)19/h13-15,17H,5-12H2,1-4H3. The molecule has 1 heterocycles. The fraction of sp³-hybridized carbons (Fsp3) is 0.938. The number of carbonyl (C=O) groups is 1. The Morgan fingerprint density at radius 2 is 1.89 bits per heavy atom. The van der Waals surface area contributed by atoms with E-state index in [-0.39, 0.29) is 12.2 Å². The van der Waals surface area contributed by atoms with Crippen molar-refractivity contribution in [2.75, 3.05) is 0 Å². The van der Waals surface area contributed by atoms with Gasteiger partial charge in [0.15, 0.2) is 0 Å². The molecular formula is C16H32N2O. The molecule has 1 amide bonds. The number of nitrogens with zero attached hydrogens (tertiary/aromatic N) is 1. The summed E-state index contributed by atoms with van der Waals surface area (Å²) in [6.45, 7) is 8.76. The molecule has 0 aliphatic carbocycles. The highest BCUT2D eigenvalue weighted by molar-refractivity contribution is 5.84. The lowest BCUT2D eigenvalue weighted by Crippen LogP contribution is -2.42. The average molecular weight is 268 g/mol. The van der Waals surface area contributed by atoms with Crippen LogP contribution in [0.2, 0.25) is 0 Å². The molecular weight excluding hydrogens is 236 g/mol. The number of nitrogens with one attached hydrogen (secondary N) is 1. The first-order valence-electron chi connectivity index (χ1n) is 8.23. The van der Waals surface area contributed by atoms with Gasteiger partial charge in [0.25, 0.3) is 0 Å². The molecule has 1 N–H and O–H groups in total. The summed E-state index contributed by atoms with van der Waals surface area (Å²) in [7, 11) is 0. The Labute approximate surface area is 119 Å². The van der Waals surface area contributed by atoms with E-state index in [2.05, 4.69) is 37.9 Å². The van der Waals surface area contributed by atoms with Gasteiger partial charge >= 0.3 is 0 Å². The Bertz CT molecular complexity index is 267. The molecule has 0 saturated carbocycles. The maximum atomic E-state index is 12.5. The van der Waals surface area contributed by atoms with Crippen molar-refractivity contribution in [2.24, 2.45) is 0 Å². The summed E-state index contributed by atoms with van der Waals surface area (Å²) >= 11 is 0. The van der Waals surface area contributed by atoms with Crippen LogP contribution in [0, 0.1) is 0 Å². The molecule has 1 aliphatic heterocycles. The van der Waals surface area contributed by atoms with Crippen molar-refractivity contribution >= 4 is 5.91 Å². The second-order valence-electron chi connectivity index (χ2n) is 5.88. The number of rotatable bonds is 9. The van der Waals surface area contributed by atoms with Gasteiger partial charge in [0.1, 0.15) is 0 Å². The summed E-state index contributed by atoms with van der Waals surface area (Å²) in [5.41, 5.74) is 0. The van der Waals surface area contributed by atoms with Gasteiger partial charge in [-0.2, -0.15) is 0 Å². The van der Waals surface area contributed by atoms with Crippen LogP contribution in [0.3, 0.4) is 0 Å². The third-order valence-corrected chi connectivity index (χ3v) is 4.20. The zero-order valence-corrected chi connectivity index (χ0v) is 13.2. The van der Waals surface area contributed by atoms with Gasteiger partial charge < -0.3 is 4.90 Å². The van der Waals surface area contributed by atoms with E-state index in [1.54, 1.807) is 0 Å². The highest BCUT2D eigenvalue weighted by atomic mass is 16.2. The molecule has 0 radical (unpaired) electrons. The monoisotopic (exact) mass is 268 g/mol. The van der Waals surface area contributed by atoms with Gasteiger partial charge in [0.05, 0.1) is 12.2 Å². The Kier molecular flexibility index (Phi) is 7.44. The van der Waals surface area contributed by atoms with E-state index in [4.69, 9.17) is 0 Å². The van der Waals surface area contributed by atoms with Gasteiger partial charge in [-0.15, -0.1) is 0 Å². The Balaban J connectivity index is 2.50. The van der Waals surface area contributed by atoms with E-state index in [9.17, 15) is 4.79 Å². The van der Waals surface area contributed by atoms with Crippen LogP contribution in [0.5, 0.6) is 0 Å². The number of amides is 1. The van der Waals surface area contributed by atoms with Gasteiger partial charge in [0, 0.05) is 6.04 Å². The second-order valence-corrected chi connectivity index (χ2v) is 5.88. The van der Waals surface area contributed by atoms with E-state index < -0.39 is 0 Å². The van der Waals surface area contributed by atoms with E-state index in [1.165, 1.54) is 25.7 Å². The predicted molar refractivity (Wildman–Crippen MR) is 81.0 cm³/mol. The smallest absolute Gasteiger partial charge is 0.241 e. The minimum atomic E-state index is 0.0630. The lowest BCUT2D eigenvalue weighted by Gasteiger charge is -2.30. The van der Waals surface area contributed by atoms with Crippen molar-refractivity contribution in [3.8, 4) is 0 Å². The van der Waals surface area contributed by atoms with Gasteiger partial charge in [-0.3, -0.25) is 10.1 Å². The predicted octanol–water partition coefficient (Wildman–Crippen LogP) is 3.68. The summed E-state index contributed by atoms with van der Waals surface area (Å²) < 4.78 is 0. The van der Waals surface area contributed by atoms with Crippen LogP contribution in [0.25, 0.3) is 0 Å². The second kappa shape index (κ2) is 8.57. The third kappa shape index (κ3) is 4.48. The van der Waals surface area contributed by atoms with Crippen molar-refractivity contribution in [1.82, 2.24) is 10.2 Å². The zero-order valence-electron chi connectivity index (χ0n) is 13.2. The van der Waals surface area contributed by atoms with Crippen molar-refractivity contribution in [3.05, 3.63) is 0 Å². The van der Waals surface area contributed by atoms with Crippen molar-refractivity contribution in [3.63, 3.8) is 0 Å². The number of hydrogen-bond donors (Lipinski definition) is 1. The molecule has 19 heavy (non-hydrogen) atoms. The number of unbranched alkanes of at least 4 members (excludes halogenated alkanes) is 3. The first-order valence-corrected chi connectivity index (χ1v) is 8.23. The molecule has 0 spiro atoms. The normalized spacial score (nSPS) is 25.1. The van der Waals surface area contributed by atoms with Crippen LogP contribution in [0.1, 0.15) is 79.1 Å². The van der Waals surface area contributed by atoms with Gasteiger partial charge in [-0.1, -0.05) is 52.9 Å². The molecule has 112 valence electrons. The molecule has 3 unspecified atom stereocenters. The Morgan fingerprint density at radius 3 is 2.47 bits per heavy atom. The molecule has 1 rings (SSSR count). The lowest BCUT2D eigenvalue weighted by atomic mass is 10.1. The van der Waals surface area contributed by atoms with E-state index in [0.29, 0.717) is 11.9 Å². The topological polar surface area (TPSA) is 32.3 Å². The van der Waals surface area contributed by atoms with Crippen molar-refractivity contribution < 1.29 is 4.79 Å². The fourth-order valence-corrected chi connectivity index (χ4v) is 3.06. The quantitative estimate of drug-likeness (QED) is 0.647. The van der Waals surface area contributed by atoms with E-state index in [0.717, 1.165) is 25.7 Å². The summed E-state index contributed by atoms with van der Waals surface area (Å²) in [5, 5.41) is 3.50. The molecule has 1 fully saturated rings. The highest BCUT2D eigenvalue weighted by Gasteiger charge is 2.39. The summed E-state index contributed by atoms with van der Waals surface area (Å²) in [6, 6.07) is 0.441. The summed E-state index contributed by atoms with van der Waals surface area (Å²) in [5.74, 6) is 0.330. The molecule has 1 aliphatic rings. The maximum Gasteiger partial charge on any atom is 0.241 e. The molecule has 0 aromatic carbocycles. The van der Waals surface area contributed by atoms with Crippen molar-refractivity contribution in [1.29, 1.82) is 0 Å². The SMILES string of the molecule is CCCCCCC(C)N1C(=O)C(CCC)NC1CC. The van der Waals surface area contributed by atoms with Gasteiger partial charge in [-0.05, 0) is 26.2 Å². The van der Waals surface area contributed by atoms with E-state index in [1.807, 2.05) is 0 Å². The first-order chi connectivity index (χ1) is 9.15. The van der Waals surface area contributed by atoms with Crippen LogP contribution in [-0.2, 0) is 4.79 Å². The number of carbonyl (C=O) groups excluding carboxylic acids is 1. The lowest BCUT2D eigenvalue weighted by molar-refractivity contribution is -0.132. The van der Waals surface area contributed by atoms with Crippen LogP contribution in [-0.4, -0.2) is 29.1 Å². The van der Waals surface area contributed by atoms with E-state index >= 15 is 0 Å². The fourth-order valence-electron chi connectivity index (χ4n) is 3.06. The van der Waals surface area contributed by atoms with Crippen LogP contribution >= 0.6 is 0 Å². The third-order valence-electron chi connectivity index (χ3n) is 4.20. The Morgan fingerprint density at radius 1 is 1.16 bits per heavy atom. The zero-order chi connectivity index (χ0) is 14.3. The maximum absolute atomic E-state index is 12.5. The van der Waals surface area contributed by atoms with Crippen molar-refractivity contribution in [2.45, 2.75) is 97.3 Å². The molecule has 3 nitrogen and oxygen atoms in total. The largest absolute Gasteiger partial charge is 0.323 e. The van der Waals surface area contributed by atoms with Crippen LogP contribution in [0.4, 0.5) is 0 Å². The van der Waals surface area contributed by atoms with Crippen LogP contribution in [0.15, 0.2) is 0 Å². The summed E-state index contributed by atoms with van der Waals surface area (Å²) in [6.07, 6.45) is 9.56. The highest BCUT2D eigenvalue weighted by Crippen LogP contribution is 2.22. The van der Waals surface area contributed by atoms with Gasteiger partial charge in [-0.25, -0.2) is 0 Å². The average Bonchev–Trinajstić information content (AvgIpc) is 2.72. The molecule has 3 heteroatoms. The Hall–Kier alpha value is -0.570. The molecule has 0 aromatic heterocycles. The molecule has 0 bridgehead atoms. The minimum absolute atomic E-state index is 0.0630. The molecule has 1 saturated heterocycles. The van der Waals surface area contributed by atoms with Crippen LogP contribution < -0.4 is 5.32 Å². The van der Waals surface area contributed by atoms with Gasteiger partial charge in [0.2, 0.25) is 5.91 Å².